The second-order valence-corrected chi connectivity index (χ2v) is 5.92. The van der Waals surface area contributed by atoms with Gasteiger partial charge in [0, 0.05) is 44.3 Å². The summed E-state index contributed by atoms with van der Waals surface area (Å²) in [6.07, 6.45) is 3.77. The number of nitrogens with one attached hydrogen (secondary N) is 1. The summed E-state index contributed by atoms with van der Waals surface area (Å²) in [6, 6.07) is 0.630. The topological polar surface area (TPSA) is 44.3 Å². The Morgan fingerprint density at radius 2 is 1.86 bits per heavy atom. The van der Waals surface area contributed by atoms with Gasteiger partial charge in [0.1, 0.15) is 18.0 Å². The maximum absolute atomic E-state index is 4.57. The van der Waals surface area contributed by atoms with Crippen LogP contribution >= 0.6 is 0 Å². The molecule has 118 valence electrons. The van der Waals surface area contributed by atoms with Crippen LogP contribution in [-0.4, -0.2) is 53.6 Å². The van der Waals surface area contributed by atoms with Crippen molar-refractivity contribution in [1.29, 1.82) is 0 Å². The number of nitrogens with zero attached hydrogens (tertiary/aromatic N) is 4. The van der Waals surface area contributed by atoms with Crippen molar-refractivity contribution in [3.63, 3.8) is 0 Å². The number of rotatable bonds is 6. The van der Waals surface area contributed by atoms with E-state index in [0.29, 0.717) is 6.04 Å². The Hall–Kier alpha value is -1.36. The Labute approximate surface area is 128 Å². The molecule has 1 fully saturated rings. The lowest BCUT2D eigenvalue weighted by molar-refractivity contribution is 0.209. The van der Waals surface area contributed by atoms with Gasteiger partial charge < -0.3 is 10.2 Å². The Morgan fingerprint density at radius 1 is 1.14 bits per heavy atom. The molecule has 1 aliphatic rings. The summed E-state index contributed by atoms with van der Waals surface area (Å²) < 4.78 is 0. The maximum atomic E-state index is 4.57. The summed E-state index contributed by atoms with van der Waals surface area (Å²) in [5, 5.41) is 3.43. The Balaban J connectivity index is 2.12. The van der Waals surface area contributed by atoms with Crippen LogP contribution < -0.4 is 10.2 Å². The lowest BCUT2D eigenvalue weighted by Crippen LogP contribution is -2.49. The van der Waals surface area contributed by atoms with E-state index in [0.717, 1.165) is 57.2 Å². The molecular formula is C16H29N5. The fourth-order valence-electron chi connectivity index (χ4n) is 2.85. The lowest BCUT2D eigenvalue weighted by atomic mass is 10.1. The van der Waals surface area contributed by atoms with Crippen LogP contribution in [0.4, 0.5) is 11.6 Å². The van der Waals surface area contributed by atoms with Crippen LogP contribution in [-0.2, 0) is 6.42 Å². The third-order valence-electron chi connectivity index (χ3n) is 4.16. The number of piperazine rings is 1. The van der Waals surface area contributed by atoms with Crippen molar-refractivity contribution in [3.8, 4) is 0 Å². The Morgan fingerprint density at radius 3 is 2.43 bits per heavy atom. The molecule has 0 unspecified atom stereocenters. The highest BCUT2D eigenvalue weighted by atomic mass is 15.3. The molecule has 1 saturated heterocycles. The molecular weight excluding hydrogens is 262 g/mol. The minimum absolute atomic E-state index is 0.630. The fraction of sp³-hybridized carbons (Fsp3) is 0.750. The first-order chi connectivity index (χ1) is 10.2. The van der Waals surface area contributed by atoms with Crippen molar-refractivity contribution in [2.45, 2.75) is 46.6 Å². The average Bonchev–Trinajstić information content (AvgIpc) is 2.52. The number of hydrogen-bond acceptors (Lipinski definition) is 5. The summed E-state index contributed by atoms with van der Waals surface area (Å²) in [6.45, 7) is 14.2. The van der Waals surface area contributed by atoms with Crippen molar-refractivity contribution >= 4 is 11.6 Å². The molecule has 1 aromatic heterocycles. The summed E-state index contributed by atoms with van der Waals surface area (Å²) in [5.74, 6) is 2.13. The quantitative estimate of drug-likeness (QED) is 0.872. The Kier molecular flexibility index (Phi) is 5.79. The van der Waals surface area contributed by atoms with Crippen molar-refractivity contribution < 1.29 is 0 Å². The van der Waals surface area contributed by atoms with Crippen LogP contribution in [0.15, 0.2) is 6.33 Å². The van der Waals surface area contributed by atoms with Crippen LogP contribution in [0, 0.1) is 0 Å². The molecule has 0 saturated carbocycles. The predicted octanol–water partition coefficient (Wildman–Crippen LogP) is 2.39. The predicted molar refractivity (Wildman–Crippen MR) is 89.1 cm³/mol. The van der Waals surface area contributed by atoms with Gasteiger partial charge in [0.05, 0.1) is 0 Å². The molecule has 2 heterocycles. The molecule has 0 radical (unpaired) electrons. The van der Waals surface area contributed by atoms with Crippen LogP contribution in [0.2, 0.25) is 0 Å². The zero-order valence-corrected chi connectivity index (χ0v) is 13.9. The molecule has 0 aliphatic carbocycles. The van der Waals surface area contributed by atoms with Gasteiger partial charge in [-0.15, -0.1) is 0 Å². The van der Waals surface area contributed by atoms with Gasteiger partial charge in [0.15, 0.2) is 0 Å². The van der Waals surface area contributed by atoms with Crippen molar-refractivity contribution in [3.05, 3.63) is 11.9 Å². The number of anilines is 2. The summed E-state index contributed by atoms with van der Waals surface area (Å²) in [4.78, 5) is 13.9. The minimum Gasteiger partial charge on any atom is -0.370 e. The molecule has 0 atom stereocenters. The molecule has 21 heavy (non-hydrogen) atoms. The highest BCUT2D eigenvalue weighted by Crippen LogP contribution is 2.25. The summed E-state index contributed by atoms with van der Waals surface area (Å²) in [7, 11) is 0. The smallest absolute Gasteiger partial charge is 0.137 e. The number of aromatic nitrogens is 2. The van der Waals surface area contributed by atoms with Gasteiger partial charge in [-0.1, -0.05) is 13.8 Å². The highest BCUT2D eigenvalue weighted by molar-refractivity contribution is 5.59. The van der Waals surface area contributed by atoms with E-state index in [1.165, 1.54) is 5.56 Å². The van der Waals surface area contributed by atoms with E-state index < -0.39 is 0 Å². The highest BCUT2D eigenvalue weighted by Gasteiger charge is 2.22. The fourth-order valence-corrected chi connectivity index (χ4v) is 2.85. The lowest BCUT2D eigenvalue weighted by Gasteiger charge is -2.38. The average molecular weight is 291 g/mol. The van der Waals surface area contributed by atoms with E-state index in [1.54, 1.807) is 6.33 Å². The second kappa shape index (κ2) is 7.59. The summed E-state index contributed by atoms with van der Waals surface area (Å²) >= 11 is 0. The van der Waals surface area contributed by atoms with Crippen molar-refractivity contribution in [2.24, 2.45) is 0 Å². The van der Waals surface area contributed by atoms with Crippen LogP contribution in [0.3, 0.4) is 0 Å². The van der Waals surface area contributed by atoms with Gasteiger partial charge in [-0.25, -0.2) is 9.97 Å². The van der Waals surface area contributed by atoms with E-state index in [9.17, 15) is 0 Å². The third kappa shape index (κ3) is 3.84. The van der Waals surface area contributed by atoms with Crippen LogP contribution in [0.25, 0.3) is 0 Å². The molecule has 0 spiro atoms. The van der Waals surface area contributed by atoms with E-state index >= 15 is 0 Å². The normalized spacial score (nSPS) is 16.5. The zero-order chi connectivity index (χ0) is 15.2. The SMILES string of the molecule is CCCNc1ncnc(N2CCN(C(C)C)CC2)c1CC. The zero-order valence-electron chi connectivity index (χ0n) is 13.9. The van der Waals surface area contributed by atoms with E-state index in [2.05, 4.69) is 52.8 Å². The maximum Gasteiger partial charge on any atom is 0.137 e. The third-order valence-corrected chi connectivity index (χ3v) is 4.16. The molecule has 0 aromatic carbocycles. The van der Waals surface area contributed by atoms with Gasteiger partial charge in [-0.05, 0) is 26.7 Å². The first-order valence-electron chi connectivity index (χ1n) is 8.24. The molecule has 5 heteroatoms. The van der Waals surface area contributed by atoms with Gasteiger partial charge in [-0.3, -0.25) is 4.90 Å². The molecule has 2 rings (SSSR count). The molecule has 1 aliphatic heterocycles. The largest absolute Gasteiger partial charge is 0.370 e. The first-order valence-corrected chi connectivity index (χ1v) is 8.24. The second-order valence-electron chi connectivity index (χ2n) is 5.92. The Bertz CT molecular complexity index is 438. The molecule has 0 bridgehead atoms. The summed E-state index contributed by atoms with van der Waals surface area (Å²) in [5.41, 5.74) is 1.25. The molecule has 0 amide bonds. The van der Waals surface area contributed by atoms with E-state index in [4.69, 9.17) is 0 Å². The van der Waals surface area contributed by atoms with Gasteiger partial charge in [-0.2, -0.15) is 0 Å². The van der Waals surface area contributed by atoms with Gasteiger partial charge in [0.2, 0.25) is 0 Å². The van der Waals surface area contributed by atoms with Crippen LogP contribution in [0.5, 0.6) is 0 Å². The van der Waals surface area contributed by atoms with Crippen molar-refractivity contribution in [2.75, 3.05) is 42.9 Å². The number of hydrogen-bond donors (Lipinski definition) is 1. The van der Waals surface area contributed by atoms with Crippen LogP contribution in [0.1, 0.15) is 39.7 Å². The first kappa shape index (κ1) is 16.0. The molecule has 1 N–H and O–H groups in total. The van der Waals surface area contributed by atoms with Gasteiger partial charge in [0.25, 0.3) is 0 Å². The van der Waals surface area contributed by atoms with E-state index in [-0.39, 0.29) is 0 Å². The van der Waals surface area contributed by atoms with Crippen molar-refractivity contribution in [1.82, 2.24) is 14.9 Å². The minimum atomic E-state index is 0.630. The van der Waals surface area contributed by atoms with Gasteiger partial charge >= 0.3 is 0 Å². The molecule has 1 aromatic rings. The van der Waals surface area contributed by atoms with E-state index in [1.807, 2.05) is 0 Å². The standard InChI is InChI=1S/C16H29N5/c1-5-7-17-15-14(6-2)16(19-12-18-15)21-10-8-20(9-11-21)13(3)4/h12-13H,5-11H2,1-4H3,(H,17,18,19). The monoisotopic (exact) mass is 291 g/mol. The molecule has 5 nitrogen and oxygen atoms in total.